The van der Waals surface area contributed by atoms with Crippen LogP contribution in [0.3, 0.4) is 0 Å². The normalized spacial score (nSPS) is 23.8. The summed E-state index contributed by atoms with van der Waals surface area (Å²) in [5.74, 6) is 0.947. The van der Waals surface area contributed by atoms with Gasteiger partial charge in [0.25, 0.3) is 0 Å². The van der Waals surface area contributed by atoms with Crippen molar-refractivity contribution in [2.24, 2.45) is 10.4 Å². The zero-order valence-electron chi connectivity index (χ0n) is 16.2. The highest BCUT2D eigenvalue weighted by molar-refractivity contribution is 6.30. The van der Waals surface area contributed by atoms with Crippen molar-refractivity contribution in [3.8, 4) is 0 Å². The average molecular weight is 393 g/mol. The molecule has 1 N–H and O–H groups in total. The second-order valence-electron chi connectivity index (χ2n) is 7.65. The predicted octanol–water partition coefficient (Wildman–Crippen LogP) is 2.38. The molecule has 0 saturated carbocycles. The molecule has 27 heavy (non-hydrogen) atoms. The summed E-state index contributed by atoms with van der Waals surface area (Å²) >= 11 is 5.94. The molecule has 2 aliphatic rings. The van der Waals surface area contributed by atoms with Gasteiger partial charge in [0.2, 0.25) is 5.91 Å². The van der Waals surface area contributed by atoms with E-state index in [1.807, 2.05) is 29.2 Å². The number of nitrogens with one attached hydrogen (secondary N) is 1. The zero-order chi connectivity index (χ0) is 19.3. The average Bonchev–Trinajstić information content (AvgIpc) is 3.09. The summed E-state index contributed by atoms with van der Waals surface area (Å²) in [6.07, 6.45) is 1.03. The van der Waals surface area contributed by atoms with Gasteiger partial charge in [-0.3, -0.25) is 9.79 Å². The largest absolute Gasteiger partial charge is 0.381 e. The van der Waals surface area contributed by atoms with E-state index in [1.165, 1.54) is 0 Å². The van der Waals surface area contributed by atoms with Crippen molar-refractivity contribution in [2.75, 3.05) is 45.9 Å². The number of hydrogen-bond acceptors (Lipinski definition) is 3. The molecule has 148 valence electrons. The van der Waals surface area contributed by atoms with Gasteiger partial charge in [0, 0.05) is 43.2 Å². The van der Waals surface area contributed by atoms with Crippen LogP contribution >= 0.6 is 11.6 Å². The molecule has 2 saturated heterocycles. The van der Waals surface area contributed by atoms with Gasteiger partial charge < -0.3 is 19.9 Å². The minimum atomic E-state index is 0.0983. The Kier molecular flexibility index (Phi) is 6.60. The second-order valence-corrected chi connectivity index (χ2v) is 8.08. The van der Waals surface area contributed by atoms with E-state index in [-0.39, 0.29) is 11.3 Å². The lowest BCUT2D eigenvalue weighted by molar-refractivity contribution is -0.135. The molecule has 0 aromatic heterocycles. The van der Waals surface area contributed by atoms with Crippen molar-refractivity contribution in [3.63, 3.8) is 0 Å². The maximum atomic E-state index is 12.7. The van der Waals surface area contributed by atoms with Crippen LogP contribution in [0.4, 0.5) is 0 Å². The van der Waals surface area contributed by atoms with Gasteiger partial charge in [-0.15, -0.1) is 0 Å². The molecule has 1 atom stereocenters. The van der Waals surface area contributed by atoms with Gasteiger partial charge in [0.15, 0.2) is 5.96 Å². The van der Waals surface area contributed by atoms with Crippen LogP contribution < -0.4 is 5.32 Å². The van der Waals surface area contributed by atoms with Crippen molar-refractivity contribution < 1.29 is 9.53 Å². The van der Waals surface area contributed by atoms with E-state index in [4.69, 9.17) is 21.3 Å². The van der Waals surface area contributed by atoms with E-state index in [0.29, 0.717) is 31.2 Å². The molecule has 6 nitrogen and oxygen atoms in total. The lowest BCUT2D eigenvalue weighted by Gasteiger charge is -2.36. The molecule has 0 aliphatic carbocycles. The molecule has 0 radical (unpaired) electrons. The van der Waals surface area contributed by atoms with Gasteiger partial charge in [0.1, 0.15) is 0 Å². The molecule has 0 spiro atoms. The Bertz CT molecular complexity index is 671. The van der Waals surface area contributed by atoms with Crippen LogP contribution in [0.25, 0.3) is 0 Å². The number of halogens is 1. The summed E-state index contributed by atoms with van der Waals surface area (Å²) in [5, 5.41) is 4.05. The number of carbonyl (C=O) groups excluding carboxylic acids is 1. The minimum Gasteiger partial charge on any atom is -0.381 e. The highest BCUT2D eigenvalue weighted by Gasteiger charge is 2.31. The van der Waals surface area contributed by atoms with Crippen LogP contribution in [0.2, 0.25) is 5.02 Å². The highest BCUT2D eigenvalue weighted by atomic mass is 35.5. The summed E-state index contributed by atoms with van der Waals surface area (Å²) in [5.41, 5.74) is 1.19. The van der Waals surface area contributed by atoms with Gasteiger partial charge in [-0.2, -0.15) is 0 Å². The Labute approximate surface area is 166 Å². The lowest BCUT2D eigenvalue weighted by atomic mass is 9.90. The number of amides is 1. The van der Waals surface area contributed by atoms with E-state index in [9.17, 15) is 4.79 Å². The maximum Gasteiger partial charge on any atom is 0.242 e. The Hall–Kier alpha value is -1.79. The number of guanidine groups is 1. The third-order valence-electron chi connectivity index (χ3n) is 5.15. The number of aliphatic imine (C=N–C) groups is 1. The first-order chi connectivity index (χ1) is 13.0. The molecular formula is C20H29ClN4O2. The number of carbonyl (C=O) groups is 1. The summed E-state index contributed by atoms with van der Waals surface area (Å²) < 4.78 is 5.52. The summed E-state index contributed by atoms with van der Waals surface area (Å²) in [6, 6.07) is 7.66. The van der Waals surface area contributed by atoms with Gasteiger partial charge in [-0.1, -0.05) is 30.7 Å². The first-order valence-electron chi connectivity index (χ1n) is 9.62. The molecular weight excluding hydrogens is 364 g/mol. The molecule has 2 heterocycles. The van der Waals surface area contributed by atoms with Crippen molar-refractivity contribution in [1.82, 2.24) is 15.1 Å². The van der Waals surface area contributed by atoms with Gasteiger partial charge in [-0.05, 0) is 31.0 Å². The quantitative estimate of drug-likeness (QED) is 0.617. The first-order valence-corrected chi connectivity index (χ1v) is 10.0. The van der Waals surface area contributed by atoms with Crippen LogP contribution in [0, 0.1) is 5.41 Å². The Morgan fingerprint density at radius 1 is 1.33 bits per heavy atom. The van der Waals surface area contributed by atoms with Crippen LogP contribution in [0.1, 0.15) is 25.8 Å². The number of ether oxygens (including phenoxy) is 1. The van der Waals surface area contributed by atoms with Crippen LogP contribution in [0.5, 0.6) is 0 Å². The molecule has 3 rings (SSSR count). The van der Waals surface area contributed by atoms with Crippen molar-refractivity contribution in [2.45, 2.75) is 26.8 Å². The molecule has 2 aliphatic heterocycles. The molecule has 0 bridgehead atoms. The fourth-order valence-electron chi connectivity index (χ4n) is 3.39. The number of rotatable bonds is 5. The standard InChI is InChI=1S/C20H29ClN4O2/c1-3-22-19(23-14-20(2)8-11-27-15-20)25-10-9-24(18(26)13-25)12-16-4-6-17(21)7-5-16/h4-7H,3,8-15H2,1-2H3,(H,22,23). The van der Waals surface area contributed by atoms with E-state index >= 15 is 0 Å². The molecule has 1 unspecified atom stereocenters. The first kappa shape index (κ1) is 20.0. The van der Waals surface area contributed by atoms with E-state index in [1.54, 1.807) is 0 Å². The molecule has 7 heteroatoms. The van der Waals surface area contributed by atoms with Gasteiger partial charge >= 0.3 is 0 Å². The van der Waals surface area contributed by atoms with Gasteiger partial charge in [-0.25, -0.2) is 0 Å². The number of piperazine rings is 1. The fraction of sp³-hybridized carbons (Fsp3) is 0.600. The summed E-state index contributed by atoms with van der Waals surface area (Å²) in [6.45, 7) is 9.76. The molecule has 1 aromatic carbocycles. The SMILES string of the molecule is CCNC(=NCC1(C)CCOC1)N1CCN(Cc2ccc(Cl)cc2)C(=O)C1. The van der Waals surface area contributed by atoms with Crippen LogP contribution in [0.15, 0.2) is 29.3 Å². The highest BCUT2D eigenvalue weighted by Crippen LogP contribution is 2.28. The fourth-order valence-corrected chi connectivity index (χ4v) is 3.52. The topological polar surface area (TPSA) is 57.2 Å². The Morgan fingerprint density at radius 3 is 2.74 bits per heavy atom. The third-order valence-corrected chi connectivity index (χ3v) is 5.40. The Morgan fingerprint density at radius 2 is 2.11 bits per heavy atom. The molecule has 1 amide bonds. The summed E-state index contributed by atoms with van der Waals surface area (Å²) in [7, 11) is 0. The third kappa shape index (κ3) is 5.36. The predicted molar refractivity (Wildman–Crippen MR) is 108 cm³/mol. The monoisotopic (exact) mass is 392 g/mol. The van der Waals surface area contributed by atoms with Crippen molar-refractivity contribution in [3.05, 3.63) is 34.9 Å². The molecule has 1 aromatic rings. The van der Waals surface area contributed by atoms with E-state index < -0.39 is 0 Å². The van der Waals surface area contributed by atoms with Crippen LogP contribution in [-0.2, 0) is 16.1 Å². The van der Waals surface area contributed by atoms with Crippen molar-refractivity contribution >= 4 is 23.5 Å². The zero-order valence-corrected chi connectivity index (χ0v) is 17.0. The van der Waals surface area contributed by atoms with Gasteiger partial charge in [0.05, 0.1) is 19.7 Å². The van der Waals surface area contributed by atoms with Crippen LogP contribution in [-0.4, -0.2) is 67.6 Å². The minimum absolute atomic E-state index is 0.0983. The lowest BCUT2D eigenvalue weighted by Crippen LogP contribution is -2.55. The second kappa shape index (κ2) is 8.93. The number of hydrogen-bond donors (Lipinski definition) is 1. The van der Waals surface area contributed by atoms with E-state index in [0.717, 1.165) is 44.2 Å². The Balaban J connectivity index is 1.60. The summed E-state index contributed by atoms with van der Waals surface area (Å²) in [4.78, 5) is 21.4. The maximum absolute atomic E-state index is 12.7. The number of nitrogens with zero attached hydrogens (tertiary/aromatic N) is 3. The smallest absolute Gasteiger partial charge is 0.242 e. The number of benzene rings is 1. The van der Waals surface area contributed by atoms with Crippen molar-refractivity contribution in [1.29, 1.82) is 0 Å². The van der Waals surface area contributed by atoms with E-state index in [2.05, 4.69) is 24.1 Å². The molecule has 2 fully saturated rings.